The Kier molecular flexibility index (Phi) is 6.42. The van der Waals surface area contributed by atoms with E-state index in [0.29, 0.717) is 0 Å². The summed E-state index contributed by atoms with van der Waals surface area (Å²) in [5, 5.41) is -2.38. The Morgan fingerprint density at radius 1 is 1.36 bits per heavy atom. The van der Waals surface area contributed by atoms with Gasteiger partial charge in [0.15, 0.2) is 6.61 Å². The molecular weight excluding hydrogens is 366 g/mol. The van der Waals surface area contributed by atoms with E-state index in [9.17, 15) is 26.8 Å². The first-order chi connectivity index (χ1) is 11.5. The maximum atomic E-state index is 13.0. The van der Waals surface area contributed by atoms with Crippen molar-refractivity contribution < 1.29 is 40.8 Å². The van der Waals surface area contributed by atoms with Crippen LogP contribution >= 0.6 is 0 Å². The Labute approximate surface area is 141 Å². The number of benzene rings is 1. The first-order valence-electron chi connectivity index (χ1n) is 6.44. The maximum Gasteiger partial charge on any atom is 0.412 e. The van der Waals surface area contributed by atoms with Gasteiger partial charge >= 0.3 is 27.4 Å². The second kappa shape index (κ2) is 7.90. The molecule has 0 atom stereocenters. The van der Waals surface area contributed by atoms with Gasteiger partial charge in [-0.1, -0.05) is 12.7 Å². The number of ether oxygens (including phenoxy) is 2. The molecule has 9 nitrogen and oxygen atoms in total. The summed E-state index contributed by atoms with van der Waals surface area (Å²) in [5.74, 6) is -1.31. The van der Waals surface area contributed by atoms with Crippen molar-refractivity contribution >= 4 is 33.6 Å². The lowest BCUT2D eigenvalue weighted by molar-refractivity contribution is -0.00949. The highest BCUT2D eigenvalue weighted by Gasteiger charge is 2.45. The molecule has 1 rings (SSSR count). The lowest BCUT2D eigenvalue weighted by atomic mass is 10.2. The Balaban J connectivity index is 2.77. The number of carbonyl (C=O) groups is 2. The highest BCUT2D eigenvalue weighted by atomic mass is 32.2. The molecule has 12 heteroatoms. The standard InChI is InChI=1S/C13H14F2N2O7S/c1-2-5-23-12(19)17-10-4-3-8(6-9(10)16)11(18)24-7-13(14,15)25(20,21)22/h2-4,6H,1,5,7,16H2,(H,17,19)(H,20,21,22). The van der Waals surface area contributed by atoms with Crippen molar-refractivity contribution in [2.75, 3.05) is 24.3 Å². The summed E-state index contributed by atoms with van der Waals surface area (Å²) in [6.45, 7) is 1.43. The second-order valence-electron chi connectivity index (χ2n) is 4.50. The van der Waals surface area contributed by atoms with Crippen LogP contribution in [-0.2, 0) is 19.6 Å². The summed E-state index contributed by atoms with van der Waals surface area (Å²) in [4.78, 5) is 23.0. The largest absolute Gasteiger partial charge is 0.454 e. The topological polar surface area (TPSA) is 145 Å². The number of nitrogens with one attached hydrogen (secondary N) is 1. The maximum absolute atomic E-state index is 13.0. The van der Waals surface area contributed by atoms with E-state index in [1.165, 1.54) is 12.1 Å². The van der Waals surface area contributed by atoms with Crippen LogP contribution in [0.2, 0.25) is 0 Å². The van der Waals surface area contributed by atoms with Gasteiger partial charge in [-0.2, -0.15) is 17.2 Å². The van der Waals surface area contributed by atoms with E-state index in [4.69, 9.17) is 10.3 Å². The SMILES string of the molecule is C=CCOC(=O)Nc1ccc(C(=O)OCC(F)(F)S(=O)(=O)O)cc1N. The third-order valence-corrected chi connectivity index (χ3v) is 3.48. The first-order valence-corrected chi connectivity index (χ1v) is 7.88. The molecule has 0 saturated heterocycles. The highest BCUT2D eigenvalue weighted by molar-refractivity contribution is 7.86. The molecule has 1 amide bonds. The van der Waals surface area contributed by atoms with Crippen LogP contribution in [0.25, 0.3) is 0 Å². The van der Waals surface area contributed by atoms with Crippen molar-refractivity contribution in [3.63, 3.8) is 0 Å². The summed E-state index contributed by atoms with van der Waals surface area (Å²) in [5.41, 5.74) is 5.29. The first kappa shape index (κ1) is 20.3. The van der Waals surface area contributed by atoms with Gasteiger partial charge < -0.3 is 15.2 Å². The van der Waals surface area contributed by atoms with E-state index in [2.05, 4.69) is 21.4 Å². The fourth-order valence-electron chi connectivity index (χ4n) is 1.39. The van der Waals surface area contributed by atoms with Crippen molar-refractivity contribution in [1.82, 2.24) is 0 Å². The summed E-state index contributed by atoms with van der Waals surface area (Å²) >= 11 is 0. The molecule has 0 aliphatic rings. The molecule has 0 unspecified atom stereocenters. The zero-order valence-electron chi connectivity index (χ0n) is 12.6. The van der Waals surface area contributed by atoms with E-state index in [1.54, 1.807) is 0 Å². The predicted octanol–water partition coefficient (Wildman–Crippen LogP) is 1.64. The van der Waals surface area contributed by atoms with Crippen molar-refractivity contribution in [3.8, 4) is 0 Å². The normalized spacial score (nSPS) is 11.5. The molecule has 0 radical (unpaired) electrons. The summed E-state index contributed by atoms with van der Waals surface area (Å²) in [7, 11) is -5.72. The number of halogens is 2. The van der Waals surface area contributed by atoms with Gasteiger partial charge in [-0.15, -0.1) is 0 Å². The third-order valence-electron chi connectivity index (χ3n) is 2.60. The number of nitrogen functional groups attached to an aromatic ring is 1. The lowest BCUT2D eigenvalue weighted by Crippen LogP contribution is -2.34. The smallest absolute Gasteiger partial charge is 0.412 e. The molecule has 25 heavy (non-hydrogen) atoms. The molecule has 0 aromatic heterocycles. The Morgan fingerprint density at radius 3 is 2.52 bits per heavy atom. The fraction of sp³-hybridized carbons (Fsp3) is 0.231. The van der Waals surface area contributed by atoms with Crippen molar-refractivity contribution in [2.45, 2.75) is 5.25 Å². The molecule has 0 aliphatic heterocycles. The zero-order valence-corrected chi connectivity index (χ0v) is 13.4. The van der Waals surface area contributed by atoms with Gasteiger partial charge in [0.05, 0.1) is 16.9 Å². The molecule has 0 heterocycles. The van der Waals surface area contributed by atoms with E-state index in [1.807, 2.05) is 0 Å². The van der Waals surface area contributed by atoms with Crippen LogP contribution in [0.4, 0.5) is 25.0 Å². The molecule has 4 N–H and O–H groups in total. The van der Waals surface area contributed by atoms with Crippen molar-refractivity contribution in [2.24, 2.45) is 0 Å². The third kappa shape index (κ3) is 5.69. The Bertz CT molecular complexity index is 781. The number of esters is 1. The second-order valence-corrected chi connectivity index (χ2v) is 6.05. The van der Waals surface area contributed by atoms with E-state index in [0.717, 1.165) is 12.1 Å². The number of hydrogen-bond donors (Lipinski definition) is 3. The van der Waals surface area contributed by atoms with Gasteiger partial charge in [0.1, 0.15) is 6.61 Å². The minimum atomic E-state index is -5.72. The van der Waals surface area contributed by atoms with Gasteiger partial charge in [0.2, 0.25) is 0 Å². The lowest BCUT2D eigenvalue weighted by Gasteiger charge is -2.13. The molecular formula is C13H14F2N2O7S. The van der Waals surface area contributed by atoms with E-state index >= 15 is 0 Å². The molecule has 138 valence electrons. The number of anilines is 2. The van der Waals surface area contributed by atoms with Crippen molar-refractivity contribution in [1.29, 1.82) is 0 Å². The minimum absolute atomic E-state index is 0.0435. The van der Waals surface area contributed by atoms with Crippen LogP contribution in [0.15, 0.2) is 30.9 Å². The highest BCUT2D eigenvalue weighted by Crippen LogP contribution is 2.23. The van der Waals surface area contributed by atoms with Crippen molar-refractivity contribution in [3.05, 3.63) is 36.4 Å². The minimum Gasteiger partial charge on any atom is -0.454 e. The number of amides is 1. The van der Waals surface area contributed by atoms with Crippen LogP contribution in [0.5, 0.6) is 0 Å². The fourth-order valence-corrected chi connectivity index (χ4v) is 1.60. The summed E-state index contributed by atoms with van der Waals surface area (Å²) < 4.78 is 63.9. The summed E-state index contributed by atoms with van der Waals surface area (Å²) in [6.07, 6.45) is 0.499. The number of carbonyl (C=O) groups excluding carboxylic acids is 2. The summed E-state index contributed by atoms with van der Waals surface area (Å²) in [6, 6.07) is 3.28. The number of alkyl halides is 2. The average Bonchev–Trinajstić information content (AvgIpc) is 2.51. The van der Waals surface area contributed by atoms with E-state index in [-0.39, 0.29) is 23.5 Å². The Hall–Kier alpha value is -2.73. The van der Waals surface area contributed by atoms with Crippen LogP contribution in [-0.4, -0.2) is 43.5 Å². The molecule has 0 fully saturated rings. The zero-order chi connectivity index (χ0) is 19.3. The number of rotatable bonds is 7. The van der Waals surface area contributed by atoms with Gasteiger partial charge in [-0.25, -0.2) is 9.59 Å². The number of hydrogen-bond acceptors (Lipinski definition) is 7. The molecule has 0 saturated carbocycles. The quantitative estimate of drug-likeness (QED) is 0.280. The molecule has 1 aromatic rings. The Morgan fingerprint density at radius 2 is 2.00 bits per heavy atom. The van der Waals surface area contributed by atoms with Gasteiger partial charge in [-0.05, 0) is 18.2 Å². The monoisotopic (exact) mass is 380 g/mol. The van der Waals surface area contributed by atoms with Crippen LogP contribution in [0.3, 0.4) is 0 Å². The van der Waals surface area contributed by atoms with Crippen LogP contribution in [0, 0.1) is 0 Å². The van der Waals surface area contributed by atoms with Gasteiger partial charge in [-0.3, -0.25) is 9.87 Å². The molecule has 0 bridgehead atoms. The van der Waals surface area contributed by atoms with Crippen LogP contribution in [0.1, 0.15) is 10.4 Å². The number of nitrogens with two attached hydrogens (primary N) is 1. The molecule has 1 aromatic carbocycles. The predicted molar refractivity (Wildman–Crippen MR) is 82.8 cm³/mol. The average molecular weight is 380 g/mol. The van der Waals surface area contributed by atoms with Crippen LogP contribution < -0.4 is 11.1 Å². The van der Waals surface area contributed by atoms with Gasteiger partial charge in [0.25, 0.3) is 0 Å². The molecule has 0 aliphatic carbocycles. The van der Waals surface area contributed by atoms with Gasteiger partial charge in [0, 0.05) is 0 Å². The molecule has 0 spiro atoms. The van der Waals surface area contributed by atoms with E-state index < -0.39 is 34.0 Å².